The van der Waals surface area contributed by atoms with Gasteiger partial charge >= 0.3 is 0 Å². The molecule has 1 aliphatic rings. The van der Waals surface area contributed by atoms with Gasteiger partial charge in [-0.3, -0.25) is 9.59 Å². The van der Waals surface area contributed by atoms with Crippen molar-refractivity contribution < 1.29 is 18.4 Å². The Morgan fingerprint density at radius 2 is 1.91 bits per heavy atom. The minimum absolute atomic E-state index is 0.0768. The molecule has 174 valence electrons. The lowest BCUT2D eigenvalue weighted by molar-refractivity contribution is -0.113. The molecule has 5 rings (SSSR count). The van der Waals surface area contributed by atoms with E-state index in [1.165, 1.54) is 22.5 Å². The molecule has 2 N–H and O–H groups in total. The predicted molar refractivity (Wildman–Crippen MR) is 130 cm³/mol. The Morgan fingerprint density at radius 3 is 2.74 bits per heavy atom. The first-order valence-corrected chi connectivity index (χ1v) is 12.7. The van der Waals surface area contributed by atoms with E-state index in [2.05, 4.69) is 20.8 Å². The number of hydrogen-bond donors (Lipinski definition) is 2. The SMILES string of the molecule is O=C(CSc1nnc(-c2ccco2)o1)Nc1sc2c(c1C(=O)NCc1ccccc1)CCCC2. The molecular weight excluding hydrogens is 472 g/mol. The second kappa shape index (κ2) is 10.3. The third kappa shape index (κ3) is 5.07. The van der Waals surface area contributed by atoms with E-state index >= 15 is 0 Å². The number of aromatic nitrogens is 2. The van der Waals surface area contributed by atoms with Gasteiger partial charge in [0.1, 0.15) is 5.00 Å². The highest BCUT2D eigenvalue weighted by Gasteiger charge is 2.26. The molecule has 3 aromatic heterocycles. The minimum atomic E-state index is -0.238. The molecule has 0 fully saturated rings. The van der Waals surface area contributed by atoms with E-state index in [0.717, 1.165) is 48.6 Å². The second-order valence-electron chi connectivity index (χ2n) is 7.77. The Labute approximate surface area is 204 Å². The quantitative estimate of drug-likeness (QED) is 0.334. The molecule has 0 saturated heterocycles. The number of hydrogen-bond acceptors (Lipinski definition) is 8. The summed E-state index contributed by atoms with van der Waals surface area (Å²) in [5.74, 6) is 0.410. The van der Waals surface area contributed by atoms with E-state index in [1.54, 1.807) is 12.1 Å². The van der Waals surface area contributed by atoms with Crippen molar-refractivity contribution in [3.8, 4) is 11.7 Å². The van der Waals surface area contributed by atoms with Crippen LogP contribution in [0.25, 0.3) is 11.7 Å². The summed E-state index contributed by atoms with van der Waals surface area (Å²) in [6.45, 7) is 0.433. The maximum Gasteiger partial charge on any atom is 0.284 e. The topological polar surface area (TPSA) is 110 Å². The predicted octanol–water partition coefficient (Wildman–Crippen LogP) is 4.93. The first-order chi connectivity index (χ1) is 16.7. The van der Waals surface area contributed by atoms with Crippen molar-refractivity contribution in [3.63, 3.8) is 0 Å². The molecule has 0 aliphatic heterocycles. The lowest BCUT2D eigenvalue weighted by Crippen LogP contribution is -2.25. The molecular formula is C24H22N4O4S2. The van der Waals surface area contributed by atoms with E-state index in [0.29, 0.717) is 22.9 Å². The highest BCUT2D eigenvalue weighted by Crippen LogP contribution is 2.38. The number of benzene rings is 1. The molecule has 3 heterocycles. The summed E-state index contributed by atoms with van der Waals surface area (Å²) < 4.78 is 10.8. The monoisotopic (exact) mass is 494 g/mol. The van der Waals surface area contributed by atoms with Crippen molar-refractivity contribution in [2.24, 2.45) is 0 Å². The van der Waals surface area contributed by atoms with Crippen molar-refractivity contribution in [2.45, 2.75) is 37.5 Å². The van der Waals surface area contributed by atoms with Crippen molar-refractivity contribution in [3.05, 3.63) is 70.3 Å². The molecule has 0 bridgehead atoms. The summed E-state index contributed by atoms with van der Waals surface area (Å²) in [6, 6.07) is 13.2. The van der Waals surface area contributed by atoms with E-state index < -0.39 is 0 Å². The van der Waals surface area contributed by atoms with E-state index in [4.69, 9.17) is 8.83 Å². The molecule has 0 atom stereocenters. The average molecular weight is 495 g/mol. The van der Waals surface area contributed by atoms with Gasteiger partial charge in [0, 0.05) is 11.4 Å². The van der Waals surface area contributed by atoms with Crippen molar-refractivity contribution >= 4 is 39.9 Å². The molecule has 34 heavy (non-hydrogen) atoms. The number of anilines is 1. The fraction of sp³-hybridized carbons (Fsp3) is 0.250. The molecule has 0 saturated carbocycles. The van der Waals surface area contributed by atoms with Crippen LogP contribution in [-0.2, 0) is 24.2 Å². The average Bonchev–Trinajstić information content (AvgIpc) is 3.61. The van der Waals surface area contributed by atoms with Crippen LogP contribution >= 0.6 is 23.1 Å². The second-order valence-corrected chi connectivity index (χ2v) is 9.80. The maximum absolute atomic E-state index is 13.1. The number of rotatable bonds is 8. The summed E-state index contributed by atoms with van der Waals surface area (Å²) in [7, 11) is 0. The van der Waals surface area contributed by atoms with Gasteiger partial charge in [0.2, 0.25) is 5.91 Å². The van der Waals surface area contributed by atoms with Gasteiger partial charge in [-0.1, -0.05) is 42.1 Å². The van der Waals surface area contributed by atoms with Gasteiger partial charge in [0.25, 0.3) is 17.0 Å². The molecule has 0 spiro atoms. The summed E-state index contributed by atoms with van der Waals surface area (Å²) >= 11 is 2.63. The van der Waals surface area contributed by atoms with Crippen LogP contribution in [0.5, 0.6) is 0 Å². The highest BCUT2D eigenvalue weighted by atomic mass is 32.2. The number of fused-ring (bicyclic) bond motifs is 1. The molecule has 1 aliphatic carbocycles. The third-order valence-electron chi connectivity index (χ3n) is 5.41. The lowest BCUT2D eigenvalue weighted by Gasteiger charge is -2.13. The maximum atomic E-state index is 13.1. The lowest BCUT2D eigenvalue weighted by atomic mass is 9.95. The van der Waals surface area contributed by atoms with Crippen LogP contribution in [-0.4, -0.2) is 27.8 Å². The number of carbonyl (C=O) groups excluding carboxylic acids is 2. The number of amides is 2. The first kappa shape index (κ1) is 22.4. The Kier molecular flexibility index (Phi) is 6.77. The normalized spacial score (nSPS) is 12.8. The Balaban J connectivity index is 1.26. The Hall–Kier alpha value is -3.37. The van der Waals surface area contributed by atoms with Crippen LogP contribution in [0.15, 0.2) is 62.8 Å². The van der Waals surface area contributed by atoms with Crippen molar-refractivity contribution in [2.75, 3.05) is 11.1 Å². The van der Waals surface area contributed by atoms with Crippen LogP contribution in [0, 0.1) is 0 Å². The zero-order chi connectivity index (χ0) is 23.3. The summed E-state index contributed by atoms with van der Waals surface area (Å²) in [5, 5.41) is 14.7. The zero-order valence-corrected chi connectivity index (χ0v) is 19.8. The fourth-order valence-electron chi connectivity index (χ4n) is 3.82. The van der Waals surface area contributed by atoms with Crippen LogP contribution in [0.4, 0.5) is 5.00 Å². The molecule has 2 amide bonds. The zero-order valence-electron chi connectivity index (χ0n) is 18.2. The number of carbonyl (C=O) groups is 2. The fourth-order valence-corrected chi connectivity index (χ4v) is 5.68. The van der Waals surface area contributed by atoms with E-state index in [-0.39, 0.29) is 28.7 Å². The summed E-state index contributed by atoms with van der Waals surface area (Å²) in [6.07, 6.45) is 5.44. The number of nitrogens with zero attached hydrogens (tertiary/aromatic N) is 2. The standard InChI is InChI=1S/C24H22N4O4S2/c29-19(14-33-24-28-27-22(32-24)17-10-6-12-31-17)26-23-20(16-9-4-5-11-18(16)34-23)21(30)25-13-15-7-2-1-3-8-15/h1-3,6-8,10,12H,4-5,9,11,13-14H2,(H,25,30)(H,26,29). The van der Waals surface area contributed by atoms with Gasteiger partial charge < -0.3 is 19.5 Å². The molecule has 4 aromatic rings. The van der Waals surface area contributed by atoms with Gasteiger partial charge in [0.05, 0.1) is 17.6 Å². The van der Waals surface area contributed by atoms with Gasteiger partial charge in [0.15, 0.2) is 5.76 Å². The summed E-state index contributed by atoms with van der Waals surface area (Å²) in [5.41, 5.74) is 2.67. The van der Waals surface area contributed by atoms with E-state index in [1.807, 2.05) is 30.3 Å². The smallest absolute Gasteiger partial charge is 0.284 e. The van der Waals surface area contributed by atoms with Crippen LogP contribution < -0.4 is 10.6 Å². The van der Waals surface area contributed by atoms with Gasteiger partial charge in [-0.15, -0.1) is 21.5 Å². The highest BCUT2D eigenvalue weighted by molar-refractivity contribution is 7.99. The number of furan rings is 1. The number of thiophene rings is 1. The Morgan fingerprint density at radius 1 is 1.06 bits per heavy atom. The first-order valence-electron chi connectivity index (χ1n) is 10.9. The van der Waals surface area contributed by atoms with Crippen LogP contribution in [0.3, 0.4) is 0 Å². The number of nitrogens with one attached hydrogen (secondary N) is 2. The number of aryl methyl sites for hydroxylation is 1. The largest absolute Gasteiger partial charge is 0.459 e. The van der Waals surface area contributed by atoms with Gasteiger partial charge in [-0.05, 0) is 48.9 Å². The van der Waals surface area contributed by atoms with Crippen LogP contribution in [0.2, 0.25) is 0 Å². The van der Waals surface area contributed by atoms with Gasteiger partial charge in [-0.2, -0.15) is 0 Å². The summed E-state index contributed by atoms with van der Waals surface area (Å²) in [4.78, 5) is 27.0. The molecule has 10 heteroatoms. The van der Waals surface area contributed by atoms with Gasteiger partial charge in [-0.25, -0.2) is 0 Å². The molecule has 8 nitrogen and oxygen atoms in total. The molecule has 0 unspecified atom stereocenters. The molecule has 1 aromatic carbocycles. The minimum Gasteiger partial charge on any atom is -0.459 e. The Bertz CT molecular complexity index is 1280. The van der Waals surface area contributed by atoms with Crippen LogP contribution in [0.1, 0.15) is 39.2 Å². The molecule has 0 radical (unpaired) electrons. The van der Waals surface area contributed by atoms with Crippen molar-refractivity contribution in [1.29, 1.82) is 0 Å². The third-order valence-corrected chi connectivity index (χ3v) is 7.44. The van der Waals surface area contributed by atoms with E-state index in [9.17, 15) is 9.59 Å². The number of thioether (sulfide) groups is 1. The van der Waals surface area contributed by atoms with Crippen molar-refractivity contribution in [1.82, 2.24) is 15.5 Å².